The molecule has 178 valence electrons. The number of aryl methyl sites for hydroxylation is 1. The van der Waals surface area contributed by atoms with Crippen LogP contribution in [-0.2, 0) is 4.79 Å². The number of rotatable bonds is 8. The van der Waals surface area contributed by atoms with Crippen LogP contribution in [0, 0.1) is 12.7 Å². The van der Waals surface area contributed by atoms with Crippen molar-refractivity contribution in [1.82, 2.24) is 20.5 Å². The summed E-state index contributed by atoms with van der Waals surface area (Å²) in [5, 5.41) is 19.7. The van der Waals surface area contributed by atoms with Gasteiger partial charge < -0.3 is 19.6 Å². The van der Waals surface area contributed by atoms with E-state index in [1.165, 1.54) is 31.4 Å². The summed E-state index contributed by atoms with van der Waals surface area (Å²) < 4.78 is 25.2. The number of pyridine rings is 1. The molecule has 0 fully saturated rings. The maximum Gasteiger partial charge on any atom is 0.305 e. The molecule has 35 heavy (non-hydrogen) atoms. The number of benzene rings is 2. The van der Waals surface area contributed by atoms with Crippen molar-refractivity contribution in [2.75, 3.05) is 7.11 Å². The van der Waals surface area contributed by atoms with E-state index >= 15 is 0 Å². The van der Waals surface area contributed by atoms with Crippen LogP contribution in [0.3, 0.4) is 0 Å². The van der Waals surface area contributed by atoms with Gasteiger partial charge in [-0.1, -0.05) is 30.3 Å². The van der Waals surface area contributed by atoms with Gasteiger partial charge in [-0.2, -0.15) is 0 Å². The number of halogens is 1. The van der Waals surface area contributed by atoms with E-state index < -0.39 is 30.2 Å². The van der Waals surface area contributed by atoms with E-state index in [4.69, 9.17) is 9.15 Å². The van der Waals surface area contributed by atoms with Gasteiger partial charge in [0.25, 0.3) is 5.91 Å². The number of amides is 1. The highest BCUT2D eigenvalue weighted by molar-refractivity contribution is 5.94. The molecule has 0 saturated heterocycles. The van der Waals surface area contributed by atoms with Gasteiger partial charge >= 0.3 is 5.97 Å². The molecular formula is C25H21FN4O5. The quantitative estimate of drug-likeness (QED) is 0.387. The van der Waals surface area contributed by atoms with Gasteiger partial charge in [0.15, 0.2) is 0 Å². The van der Waals surface area contributed by atoms with Gasteiger partial charge in [-0.15, -0.1) is 10.2 Å². The van der Waals surface area contributed by atoms with Crippen LogP contribution in [0.4, 0.5) is 4.39 Å². The topological polar surface area (TPSA) is 127 Å². The molecule has 10 heteroatoms. The lowest BCUT2D eigenvalue weighted by atomic mass is 10.0. The van der Waals surface area contributed by atoms with E-state index in [9.17, 15) is 19.1 Å². The SMILES string of the molecule is COc1ccc(C(=O)NC(CC(=O)O)c2ccccc2F)nc1-c1cccc(-c2nnc(C)o2)c1. The van der Waals surface area contributed by atoms with Crippen LogP contribution in [0.1, 0.15) is 34.4 Å². The highest BCUT2D eigenvalue weighted by Gasteiger charge is 2.23. The highest BCUT2D eigenvalue weighted by Crippen LogP contribution is 2.31. The third-order valence-electron chi connectivity index (χ3n) is 5.18. The molecule has 2 heterocycles. The van der Waals surface area contributed by atoms with Crippen molar-refractivity contribution in [3.05, 3.63) is 83.6 Å². The van der Waals surface area contributed by atoms with E-state index in [1.54, 1.807) is 43.3 Å². The van der Waals surface area contributed by atoms with Crippen LogP contribution in [0.25, 0.3) is 22.7 Å². The summed E-state index contributed by atoms with van der Waals surface area (Å²) in [6.45, 7) is 1.69. The fourth-order valence-corrected chi connectivity index (χ4v) is 3.56. The Morgan fingerprint density at radius 1 is 1.09 bits per heavy atom. The molecule has 2 N–H and O–H groups in total. The minimum Gasteiger partial charge on any atom is -0.494 e. The lowest BCUT2D eigenvalue weighted by molar-refractivity contribution is -0.137. The molecular weight excluding hydrogens is 455 g/mol. The zero-order chi connectivity index (χ0) is 24.9. The molecule has 2 aromatic heterocycles. The average molecular weight is 476 g/mol. The molecule has 0 saturated carbocycles. The number of hydrogen-bond donors (Lipinski definition) is 2. The van der Waals surface area contributed by atoms with E-state index in [-0.39, 0.29) is 11.3 Å². The zero-order valence-electron chi connectivity index (χ0n) is 18.9. The monoisotopic (exact) mass is 476 g/mol. The first-order valence-electron chi connectivity index (χ1n) is 10.6. The number of aliphatic carboxylic acids is 1. The van der Waals surface area contributed by atoms with Crippen LogP contribution in [0.2, 0.25) is 0 Å². The van der Waals surface area contributed by atoms with Gasteiger partial charge in [0.2, 0.25) is 11.8 Å². The first-order chi connectivity index (χ1) is 16.9. The minimum atomic E-state index is -1.19. The van der Waals surface area contributed by atoms with E-state index in [1.807, 2.05) is 0 Å². The van der Waals surface area contributed by atoms with Gasteiger partial charge in [-0.25, -0.2) is 9.37 Å². The molecule has 2 aromatic carbocycles. The fraction of sp³-hybridized carbons (Fsp3) is 0.160. The molecule has 4 rings (SSSR count). The Balaban J connectivity index is 1.67. The Morgan fingerprint density at radius 3 is 2.54 bits per heavy atom. The molecule has 0 aliphatic carbocycles. The standard InChI is InChI=1S/C25H21FN4O5/c1-14-29-30-25(35-14)16-7-5-6-15(12-16)23-21(34-2)11-10-19(27-23)24(33)28-20(13-22(31)32)17-8-3-4-9-18(17)26/h3-12,20H,13H2,1-2H3,(H,28,33)(H,31,32). The first kappa shape index (κ1) is 23.6. The summed E-state index contributed by atoms with van der Waals surface area (Å²) in [7, 11) is 1.48. The third-order valence-corrected chi connectivity index (χ3v) is 5.18. The van der Waals surface area contributed by atoms with Crippen molar-refractivity contribution in [3.8, 4) is 28.5 Å². The number of hydrogen-bond acceptors (Lipinski definition) is 7. The Bertz CT molecular complexity index is 1390. The molecule has 9 nitrogen and oxygen atoms in total. The van der Waals surface area contributed by atoms with Crippen LogP contribution < -0.4 is 10.1 Å². The van der Waals surface area contributed by atoms with Crippen molar-refractivity contribution in [2.24, 2.45) is 0 Å². The van der Waals surface area contributed by atoms with Gasteiger partial charge in [-0.3, -0.25) is 9.59 Å². The molecule has 0 radical (unpaired) electrons. The second kappa shape index (κ2) is 10.1. The van der Waals surface area contributed by atoms with Crippen molar-refractivity contribution in [1.29, 1.82) is 0 Å². The third kappa shape index (κ3) is 5.32. The number of carbonyl (C=O) groups excluding carboxylic acids is 1. The number of methoxy groups -OCH3 is 1. The minimum absolute atomic E-state index is 0.00608. The van der Waals surface area contributed by atoms with Crippen molar-refractivity contribution < 1.29 is 28.2 Å². The molecule has 0 aliphatic rings. The normalized spacial score (nSPS) is 11.6. The summed E-state index contributed by atoms with van der Waals surface area (Å²) in [4.78, 5) is 28.9. The first-order valence-corrected chi connectivity index (χ1v) is 10.6. The average Bonchev–Trinajstić information content (AvgIpc) is 3.29. The summed E-state index contributed by atoms with van der Waals surface area (Å²) >= 11 is 0. The number of nitrogens with zero attached hydrogens (tertiary/aromatic N) is 3. The number of aromatic nitrogens is 3. The lowest BCUT2D eigenvalue weighted by Crippen LogP contribution is -2.31. The van der Waals surface area contributed by atoms with E-state index in [0.717, 1.165) is 0 Å². The number of carbonyl (C=O) groups is 2. The molecule has 1 amide bonds. The number of carboxylic acids is 1. The second-order valence-corrected chi connectivity index (χ2v) is 7.60. The summed E-state index contributed by atoms with van der Waals surface area (Å²) in [5.74, 6) is -1.29. The molecule has 0 aliphatic heterocycles. The number of ether oxygens (including phenoxy) is 1. The maximum absolute atomic E-state index is 14.3. The predicted molar refractivity (Wildman–Crippen MR) is 123 cm³/mol. The van der Waals surface area contributed by atoms with Crippen molar-refractivity contribution in [3.63, 3.8) is 0 Å². The van der Waals surface area contributed by atoms with Crippen LogP contribution in [-0.4, -0.2) is 39.3 Å². The number of nitrogens with one attached hydrogen (secondary N) is 1. The predicted octanol–water partition coefficient (Wildman–Crippen LogP) is 4.20. The molecule has 0 bridgehead atoms. The summed E-state index contributed by atoms with van der Waals surface area (Å²) in [6.07, 6.45) is -0.499. The maximum atomic E-state index is 14.3. The van der Waals surface area contributed by atoms with Crippen LogP contribution in [0.5, 0.6) is 5.75 Å². The Labute approximate surface area is 199 Å². The van der Waals surface area contributed by atoms with E-state index in [0.29, 0.717) is 34.4 Å². The molecule has 1 unspecified atom stereocenters. The fourth-order valence-electron chi connectivity index (χ4n) is 3.56. The molecule has 4 aromatic rings. The highest BCUT2D eigenvalue weighted by atomic mass is 19.1. The van der Waals surface area contributed by atoms with Gasteiger partial charge in [0.05, 0.1) is 19.6 Å². The Morgan fingerprint density at radius 2 is 1.86 bits per heavy atom. The summed E-state index contributed by atoms with van der Waals surface area (Å²) in [5.41, 5.74) is 1.73. The Hall–Kier alpha value is -4.60. The van der Waals surface area contributed by atoms with Gasteiger partial charge in [0, 0.05) is 23.6 Å². The molecule has 1 atom stereocenters. The van der Waals surface area contributed by atoms with Crippen molar-refractivity contribution in [2.45, 2.75) is 19.4 Å². The van der Waals surface area contributed by atoms with Crippen LogP contribution >= 0.6 is 0 Å². The smallest absolute Gasteiger partial charge is 0.305 e. The Kier molecular flexibility index (Phi) is 6.81. The zero-order valence-corrected chi connectivity index (χ0v) is 18.9. The van der Waals surface area contributed by atoms with Crippen LogP contribution in [0.15, 0.2) is 65.1 Å². The number of carboxylic acid groups (broad SMARTS) is 1. The van der Waals surface area contributed by atoms with E-state index in [2.05, 4.69) is 20.5 Å². The largest absolute Gasteiger partial charge is 0.494 e. The second-order valence-electron chi connectivity index (χ2n) is 7.60. The lowest BCUT2D eigenvalue weighted by Gasteiger charge is -2.18. The van der Waals surface area contributed by atoms with Gasteiger partial charge in [0.1, 0.15) is 23.0 Å². The van der Waals surface area contributed by atoms with Crippen molar-refractivity contribution >= 4 is 11.9 Å². The van der Waals surface area contributed by atoms with Gasteiger partial charge in [-0.05, 0) is 30.3 Å². The molecule has 0 spiro atoms. The summed E-state index contributed by atoms with van der Waals surface area (Å²) in [6, 6.07) is 14.8.